The monoisotopic (exact) mass is 342 g/mol. The average Bonchev–Trinajstić information content (AvgIpc) is 2.46. The number of halogens is 3. The molecule has 2 amide bonds. The van der Waals surface area contributed by atoms with E-state index in [1.165, 1.54) is 6.08 Å². The molecule has 0 radical (unpaired) electrons. The second-order valence-corrected chi connectivity index (χ2v) is 5.07. The molecular weight excluding hydrogens is 334 g/mol. The normalized spacial score (nSPS) is 17.0. The van der Waals surface area contributed by atoms with E-state index in [2.05, 4.69) is 11.9 Å². The summed E-state index contributed by atoms with van der Waals surface area (Å²) in [7, 11) is 0. The average molecular weight is 343 g/mol. The molecular formula is C14H9ClF2N2O2S. The molecule has 0 aliphatic carbocycles. The maximum atomic E-state index is 13.9. The number of rotatable bonds is 3. The van der Waals surface area contributed by atoms with Crippen molar-refractivity contribution in [2.24, 2.45) is 0 Å². The Bertz CT molecular complexity index is 734. The molecule has 0 aromatic heterocycles. The van der Waals surface area contributed by atoms with Gasteiger partial charge in [-0.1, -0.05) is 17.7 Å². The minimum Gasteiger partial charge on any atom is -0.298 e. The lowest BCUT2D eigenvalue weighted by atomic mass is 10.1. The smallest absolute Gasteiger partial charge is 0.265 e. The highest BCUT2D eigenvalue weighted by molar-refractivity contribution is 7.80. The van der Waals surface area contributed by atoms with E-state index in [4.69, 9.17) is 23.8 Å². The summed E-state index contributed by atoms with van der Waals surface area (Å²) >= 11 is 10.4. The zero-order chi connectivity index (χ0) is 16.4. The minimum absolute atomic E-state index is 0.0514. The molecule has 8 heteroatoms. The zero-order valence-corrected chi connectivity index (χ0v) is 12.6. The molecule has 0 spiro atoms. The highest BCUT2D eigenvalue weighted by Crippen LogP contribution is 2.24. The van der Waals surface area contributed by atoms with E-state index in [9.17, 15) is 18.4 Å². The standard InChI is InChI=1S/C14H9ClF2N2O2S/c1-2-5-19-13(21)8(12(20)18-14(19)22)6-7-10(16)4-3-9(15)11(7)17/h2-4,6H,1,5H2,(H,18,20,22)/b8-6+. The molecule has 0 atom stereocenters. The minimum atomic E-state index is -1.06. The number of hydrogen-bond acceptors (Lipinski definition) is 3. The Kier molecular flexibility index (Phi) is 4.68. The largest absolute Gasteiger partial charge is 0.298 e. The van der Waals surface area contributed by atoms with Gasteiger partial charge in [0.2, 0.25) is 0 Å². The molecule has 1 fully saturated rings. The van der Waals surface area contributed by atoms with Crippen LogP contribution in [0, 0.1) is 11.6 Å². The summed E-state index contributed by atoms with van der Waals surface area (Å²) in [4.78, 5) is 25.1. The van der Waals surface area contributed by atoms with Crippen LogP contribution in [0.15, 0.2) is 30.4 Å². The fraction of sp³-hybridized carbons (Fsp3) is 0.0714. The van der Waals surface area contributed by atoms with Crippen molar-refractivity contribution < 1.29 is 18.4 Å². The van der Waals surface area contributed by atoms with Crippen LogP contribution in [-0.2, 0) is 9.59 Å². The van der Waals surface area contributed by atoms with Gasteiger partial charge in [-0.15, -0.1) is 6.58 Å². The molecule has 1 heterocycles. The first-order valence-corrected chi connectivity index (χ1v) is 6.78. The predicted molar refractivity (Wildman–Crippen MR) is 82.0 cm³/mol. The number of thiocarbonyl (C=S) groups is 1. The summed E-state index contributed by atoms with van der Waals surface area (Å²) in [6.45, 7) is 3.52. The quantitative estimate of drug-likeness (QED) is 0.302. The van der Waals surface area contributed by atoms with Crippen LogP contribution in [0.5, 0.6) is 0 Å². The molecule has 0 bridgehead atoms. The van der Waals surface area contributed by atoms with E-state index in [1.807, 2.05) is 0 Å². The molecule has 1 N–H and O–H groups in total. The lowest BCUT2D eigenvalue weighted by Gasteiger charge is -2.27. The summed E-state index contributed by atoms with van der Waals surface area (Å²) in [5.41, 5.74) is -1.02. The van der Waals surface area contributed by atoms with Crippen LogP contribution in [-0.4, -0.2) is 28.4 Å². The molecule has 2 rings (SSSR count). The van der Waals surface area contributed by atoms with Crippen molar-refractivity contribution in [3.63, 3.8) is 0 Å². The van der Waals surface area contributed by atoms with Gasteiger partial charge in [0.25, 0.3) is 11.8 Å². The van der Waals surface area contributed by atoms with Gasteiger partial charge in [-0.05, 0) is 30.4 Å². The fourth-order valence-corrected chi connectivity index (χ4v) is 2.22. The number of benzene rings is 1. The molecule has 1 aromatic rings. The molecule has 1 aromatic carbocycles. The molecule has 1 aliphatic rings. The Hall–Kier alpha value is -2.12. The SMILES string of the molecule is C=CCN1C(=O)/C(=C/c2c(F)ccc(Cl)c2F)C(=O)NC1=S. The first-order chi connectivity index (χ1) is 10.4. The Balaban J connectivity index is 2.53. The van der Waals surface area contributed by atoms with E-state index in [0.29, 0.717) is 0 Å². The number of carbonyl (C=O) groups excluding carboxylic acids is 2. The second kappa shape index (κ2) is 6.33. The van der Waals surface area contributed by atoms with Gasteiger partial charge in [0.1, 0.15) is 11.4 Å². The molecule has 22 heavy (non-hydrogen) atoms. The third kappa shape index (κ3) is 2.90. The van der Waals surface area contributed by atoms with E-state index < -0.39 is 34.6 Å². The van der Waals surface area contributed by atoms with Gasteiger partial charge in [0.05, 0.1) is 5.02 Å². The lowest BCUT2D eigenvalue weighted by Crippen LogP contribution is -2.53. The maximum Gasteiger partial charge on any atom is 0.265 e. The van der Waals surface area contributed by atoms with Gasteiger partial charge in [0.15, 0.2) is 10.9 Å². The van der Waals surface area contributed by atoms with Gasteiger partial charge < -0.3 is 0 Å². The van der Waals surface area contributed by atoms with E-state index in [0.717, 1.165) is 23.1 Å². The van der Waals surface area contributed by atoms with Crippen molar-refractivity contribution in [3.05, 3.63) is 52.6 Å². The summed E-state index contributed by atoms with van der Waals surface area (Å²) in [5, 5.41) is 1.85. The van der Waals surface area contributed by atoms with Gasteiger partial charge in [0, 0.05) is 12.1 Å². The third-order valence-electron chi connectivity index (χ3n) is 2.87. The summed E-state index contributed by atoms with van der Waals surface area (Å²) < 4.78 is 27.6. The summed E-state index contributed by atoms with van der Waals surface area (Å²) in [6.07, 6.45) is 2.21. The summed E-state index contributed by atoms with van der Waals surface area (Å²) in [6, 6.07) is 1.98. The molecule has 1 aliphatic heterocycles. The van der Waals surface area contributed by atoms with Gasteiger partial charge in [-0.25, -0.2) is 8.78 Å². The number of amides is 2. The predicted octanol–water partition coefficient (Wildman–Crippen LogP) is 2.43. The lowest BCUT2D eigenvalue weighted by molar-refractivity contribution is -0.128. The highest BCUT2D eigenvalue weighted by atomic mass is 35.5. The second-order valence-electron chi connectivity index (χ2n) is 4.28. The van der Waals surface area contributed by atoms with Crippen LogP contribution in [0.2, 0.25) is 5.02 Å². The number of hydrogen-bond donors (Lipinski definition) is 1. The Morgan fingerprint density at radius 1 is 1.36 bits per heavy atom. The van der Waals surface area contributed by atoms with Crippen molar-refractivity contribution in [3.8, 4) is 0 Å². The van der Waals surface area contributed by atoms with Crippen molar-refractivity contribution in [1.29, 1.82) is 0 Å². The third-order valence-corrected chi connectivity index (χ3v) is 3.48. The Labute approximate surface area is 135 Å². The van der Waals surface area contributed by atoms with Crippen molar-refractivity contribution >= 4 is 46.8 Å². The van der Waals surface area contributed by atoms with Crippen LogP contribution in [0.25, 0.3) is 6.08 Å². The molecule has 4 nitrogen and oxygen atoms in total. The summed E-state index contributed by atoms with van der Waals surface area (Å²) in [5.74, 6) is -3.61. The topological polar surface area (TPSA) is 49.4 Å². The first-order valence-electron chi connectivity index (χ1n) is 6.00. The molecule has 0 unspecified atom stereocenters. The van der Waals surface area contributed by atoms with E-state index >= 15 is 0 Å². The molecule has 0 saturated carbocycles. The van der Waals surface area contributed by atoms with Crippen LogP contribution in [0.3, 0.4) is 0 Å². The number of carbonyl (C=O) groups is 2. The van der Waals surface area contributed by atoms with Crippen molar-refractivity contribution in [2.45, 2.75) is 0 Å². The van der Waals surface area contributed by atoms with Crippen molar-refractivity contribution in [1.82, 2.24) is 10.2 Å². The first kappa shape index (κ1) is 16.3. The van der Waals surface area contributed by atoms with E-state index in [-0.39, 0.29) is 16.7 Å². The van der Waals surface area contributed by atoms with Gasteiger partial charge in [-0.2, -0.15) is 0 Å². The Morgan fingerprint density at radius 3 is 2.68 bits per heavy atom. The van der Waals surface area contributed by atoms with Crippen molar-refractivity contribution in [2.75, 3.05) is 6.54 Å². The number of nitrogens with one attached hydrogen (secondary N) is 1. The van der Waals surface area contributed by atoms with Gasteiger partial charge in [-0.3, -0.25) is 19.8 Å². The van der Waals surface area contributed by atoms with Crippen LogP contribution in [0.4, 0.5) is 8.78 Å². The molecule has 1 saturated heterocycles. The highest BCUT2D eigenvalue weighted by Gasteiger charge is 2.33. The Morgan fingerprint density at radius 2 is 2.05 bits per heavy atom. The fourth-order valence-electron chi connectivity index (χ4n) is 1.81. The van der Waals surface area contributed by atoms with Crippen LogP contribution < -0.4 is 5.32 Å². The molecule has 114 valence electrons. The van der Waals surface area contributed by atoms with Crippen LogP contribution in [0.1, 0.15) is 5.56 Å². The zero-order valence-electron chi connectivity index (χ0n) is 11.0. The van der Waals surface area contributed by atoms with E-state index in [1.54, 1.807) is 0 Å². The number of nitrogens with zero attached hydrogens (tertiary/aromatic N) is 1. The maximum absolute atomic E-state index is 13.9. The van der Waals surface area contributed by atoms with Gasteiger partial charge >= 0.3 is 0 Å². The van der Waals surface area contributed by atoms with Crippen LogP contribution >= 0.6 is 23.8 Å².